The summed E-state index contributed by atoms with van der Waals surface area (Å²) >= 11 is 1.41. The molecule has 0 unspecified atom stereocenters. The number of urea groups is 1. The quantitative estimate of drug-likeness (QED) is 0.825. The number of fused-ring (bicyclic) bond motifs is 1. The van der Waals surface area contributed by atoms with Gasteiger partial charge in [-0.1, -0.05) is 29.0 Å². The number of anilines is 1. The lowest BCUT2D eigenvalue weighted by atomic mass is 10.2. The number of amides is 3. The highest BCUT2D eigenvalue weighted by Gasteiger charge is 2.24. The van der Waals surface area contributed by atoms with Crippen molar-refractivity contribution in [3.8, 4) is 5.75 Å². The Morgan fingerprint density at radius 2 is 2.04 bits per heavy atom. The van der Waals surface area contributed by atoms with Crippen LogP contribution in [-0.2, 0) is 17.8 Å². The summed E-state index contributed by atoms with van der Waals surface area (Å²) in [6.07, 6.45) is 0.676. The summed E-state index contributed by atoms with van der Waals surface area (Å²) in [5.41, 5.74) is 2.09. The van der Waals surface area contributed by atoms with Crippen molar-refractivity contribution in [3.63, 3.8) is 0 Å². The first kappa shape index (κ1) is 19.2. The summed E-state index contributed by atoms with van der Waals surface area (Å²) in [7, 11) is 0. The molecule has 0 spiro atoms. The maximum absolute atomic E-state index is 12.5. The van der Waals surface area contributed by atoms with Crippen molar-refractivity contribution >= 4 is 28.4 Å². The van der Waals surface area contributed by atoms with Crippen molar-refractivity contribution in [1.29, 1.82) is 0 Å². The molecule has 7 nitrogen and oxygen atoms in total. The number of nitrogens with one attached hydrogen (secondary N) is 2. The van der Waals surface area contributed by atoms with Crippen LogP contribution in [0.5, 0.6) is 5.75 Å². The number of aryl methyl sites for hydroxylation is 1. The molecule has 2 heterocycles. The van der Waals surface area contributed by atoms with Crippen LogP contribution in [0.4, 0.5) is 9.93 Å². The second-order valence-electron chi connectivity index (χ2n) is 6.81. The molecular weight excluding hydrogens is 364 g/mol. The number of nitrogens with zero attached hydrogens (tertiary/aromatic N) is 2. The van der Waals surface area contributed by atoms with Gasteiger partial charge in [-0.05, 0) is 32.9 Å². The second-order valence-corrected chi connectivity index (χ2v) is 7.89. The molecular formula is C19H24N4O3S. The van der Waals surface area contributed by atoms with E-state index in [1.807, 2.05) is 45.0 Å². The average molecular weight is 388 g/mol. The molecule has 0 atom stereocenters. The van der Waals surface area contributed by atoms with Crippen LogP contribution < -0.4 is 15.4 Å². The number of thiazole rings is 1. The van der Waals surface area contributed by atoms with Crippen LogP contribution in [0.2, 0.25) is 0 Å². The Hall–Kier alpha value is -2.61. The van der Waals surface area contributed by atoms with Crippen LogP contribution in [0.1, 0.15) is 30.0 Å². The van der Waals surface area contributed by atoms with E-state index in [1.165, 1.54) is 11.3 Å². The number of carbonyl (C=O) groups excluding carboxylic acids is 2. The topological polar surface area (TPSA) is 83.6 Å². The fourth-order valence-electron chi connectivity index (χ4n) is 2.73. The van der Waals surface area contributed by atoms with Gasteiger partial charge in [-0.15, -0.1) is 0 Å². The third-order valence-corrected chi connectivity index (χ3v) is 5.11. The molecule has 3 rings (SSSR count). The SMILES string of the molecule is Cc1ccc(OCC(=O)N2CCc3nc(NC(=O)NC(C)C)sc3C2)cc1. The zero-order chi connectivity index (χ0) is 19.4. The Morgan fingerprint density at radius 3 is 2.74 bits per heavy atom. The second kappa shape index (κ2) is 8.39. The molecule has 1 aliphatic heterocycles. The van der Waals surface area contributed by atoms with Crippen molar-refractivity contribution in [2.24, 2.45) is 0 Å². The summed E-state index contributed by atoms with van der Waals surface area (Å²) < 4.78 is 5.59. The fraction of sp³-hybridized carbons (Fsp3) is 0.421. The van der Waals surface area contributed by atoms with Crippen molar-refractivity contribution in [1.82, 2.24) is 15.2 Å². The molecule has 1 aromatic carbocycles. The highest BCUT2D eigenvalue weighted by molar-refractivity contribution is 7.15. The molecule has 0 radical (unpaired) electrons. The number of carbonyl (C=O) groups is 2. The molecule has 1 aromatic heterocycles. The van der Waals surface area contributed by atoms with Crippen LogP contribution in [0.25, 0.3) is 0 Å². The zero-order valence-electron chi connectivity index (χ0n) is 15.7. The molecule has 0 saturated heterocycles. The van der Waals surface area contributed by atoms with Crippen LogP contribution in [0.15, 0.2) is 24.3 Å². The van der Waals surface area contributed by atoms with Crippen molar-refractivity contribution < 1.29 is 14.3 Å². The lowest BCUT2D eigenvalue weighted by Gasteiger charge is -2.26. The Morgan fingerprint density at radius 1 is 1.30 bits per heavy atom. The maximum atomic E-state index is 12.5. The van der Waals surface area contributed by atoms with Gasteiger partial charge >= 0.3 is 6.03 Å². The highest BCUT2D eigenvalue weighted by atomic mass is 32.1. The Bertz CT molecular complexity index is 817. The van der Waals surface area contributed by atoms with E-state index in [1.54, 1.807) is 4.90 Å². The summed E-state index contributed by atoms with van der Waals surface area (Å²) in [5.74, 6) is 0.633. The van der Waals surface area contributed by atoms with Gasteiger partial charge < -0.3 is 15.0 Å². The standard InChI is InChI=1S/C19H24N4O3S/c1-12(2)20-18(25)22-19-21-15-8-9-23(10-16(15)27-19)17(24)11-26-14-6-4-13(3)5-7-14/h4-7,12H,8-11H2,1-3H3,(H2,20,21,22,25). The monoisotopic (exact) mass is 388 g/mol. The van der Waals surface area contributed by atoms with E-state index in [9.17, 15) is 9.59 Å². The van der Waals surface area contributed by atoms with Gasteiger partial charge in [-0.25, -0.2) is 9.78 Å². The molecule has 8 heteroatoms. The van der Waals surface area contributed by atoms with E-state index >= 15 is 0 Å². The normalized spacial score (nSPS) is 13.3. The lowest BCUT2D eigenvalue weighted by molar-refractivity contribution is -0.134. The first-order chi connectivity index (χ1) is 12.9. The van der Waals surface area contributed by atoms with E-state index in [-0.39, 0.29) is 24.6 Å². The first-order valence-corrected chi connectivity index (χ1v) is 9.75. The molecule has 2 N–H and O–H groups in total. The third-order valence-electron chi connectivity index (χ3n) is 4.11. The van der Waals surface area contributed by atoms with Crippen LogP contribution in [-0.4, -0.2) is 41.0 Å². The largest absolute Gasteiger partial charge is 0.484 e. The molecule has 3 amide bonds. The van der Waals surface area contributed by atoms with Gasteiger partial charge in [0.25, 0.3) is 5.91 Å². The van der Waals surface area contributed by atoms with Gasteiger partial charge in [0.1, 0.15) is 5.75 Å². The van der Waals surface area contributed by atoms with E-state index in [2.05, 4.69) is 15.6 Å². The summed E-state index contributed by atoms with van der Waals surface area (Å²) in [4.78, 5) is 31.5. The molecule has 0 saturated carbocycles. The molecule has 1 aliphatic rings. The van der Waals surface area contributed by atoms with Gasteiger partial charge in [0.2, 0.25) is 0 Å². The lowest BCUT2D eigenvalue weighted by Crippen LogP contribution is -2.38. The first-order valence-electron chi connectivity index (χ1n) is 8.94. The van der Waals surface area contributed by atoms with Gasteiger partial charge in [0.05, 0.1) is 12.2 Å². The van der Waals surface area contributed by atoms with Crippen LogP contribution in [0, 0.1) is 6.92 Å². The van der Waals surface area contributed by atoms with Gasteiger partial charge in [-0.2, -0.15) is 0 Å². The summed E-state index contributed by atoms with van der Waals surface area (Å²) in [6.45, 7) is 6.91. The number of rotatable bonds is 5. The molecule has 27 heavy (non-hydrogen) atoms. The zero-order valence-corrected chi connectivity index (χ0v) is 16.6. The number of benzene rings is 1. The minimum absolute atomic E-state index is 0.0130. The fourth-order valence-corrected chi connectivity index (χ4v) is 3.75. The van der Waals surface area contributed by atoms with Crippen LogP contribution in [0.3, 0.4) is 0 Å². The average Bonchev–Trinajstić information content (AvgIpc) is 3.01. The Labute approximate surface area is 162 Å². The third kappa shape index (κ3) is 5.19. The van der Waals surface area contributed by atoms with E-state index in [0.29, 0.717) is 30.4 Å². The summed E-state index contributed by atoms with van der Waals surface area (Å²) in [6, 6.07) is 7.42. The molecule has 0 aliphatic carbocycles. The molecule has 144 valence electrons. The maximum Gasteiger partial charge on any atom is 0.321 e. The van der Waals surface area contributed by atoms with E-state index < -0.39 is 0 Å². The minimum Gasteiger partial charge on any atom is -0.484 e. The van der Waals surface area contributed by atoms with Crippen LogP contribution >= 0.6 is 11.3 Å². The van der Waals surface area contributed by atoms with Gasteiger partial charge in [0.15, 0.2) is 11.7 Å². The Balaban J connectivity index is 1.55. The molecule has 2 aromatic rings. The predicted molar refractivity (Wildman–Crippen MR) is 105 cm³/mol. The number of hydrogen-bond donors (Lipinski definition) is 2. The number of hydrogen-bond acceptors (Lipinski definition) is 5. The summed E-state index contributed by atoms with van der Waals surface area (Å²) in [5, 5.41) is 6.08. The van der Waals surface area contributed by atoms with Crippen molar-refractivity contribution in [2.45, 2.75) is 39.8 Å². The Kier molecular flexibility index (Phi) is 5.95. The highest BCUT2D eigenvalue weighted by Crippen LogP contribution is 2.28. The molecule has 0 fully saturated rings. The molecule has 0 bridgehead atoms. The van der Waals surface area contributed by atoms with E-state index in [4.69, 9.17) is 4.74 Å². The van der Waals surface area contributed by atoms with Gasteiger partial charge in [-0.3, -0.25) is 10.1 Å². The van der Waals surface area contributed by atoms with Crippen molar-refractivity contribution in [3.05, 3.63) is 40.4 Å². The number of aromatic nitrogens is 1. The minimum atomic E-state index is -0.268. The van der Waals surface area contributed by atoms with Crippen molar-refractivity contribution in [2.75, 3.05) is 18.5 Å². The van der Waals surface area contributed by atoms with E-state index in [0.717, 1.165) is 16.1 Å². The van der Waals surface area contributed by atoms with Gasteiger partial charge in [0, 0.05) is 23.9 Å². The number of ether oxygens (including phenoxy) is 1. The predicted octanol–water partition coefficient (Wildman–Crippen LogP) is 2.95. The smallest absolute Gasteiger partial charge is 0.321 e.